The Morgan fingerprint density at radius 1 is 1.33 bits per heavy atom. The van der Waals surface area contributed by atoms with Gasteiger partial charge in [0.15, 0.2) is 17.1 Å². The molecule has 7 nitrogen and oxygen atoms in total. The maximum atomic E-state index is 13.9. The van der Waals surface area contributed by atoms with E-state index in [1.807, 2.05) is 0 Å². The molecule has 4 heterocycles. The van der Waals surface area contributed by atoms with E-state index in [0.29, 0.717) is 29.3 Å². The number of fused-ring (bicyclic) bond motifs is 1. The Kier molecular flexibility index (Phi) is 4.56. The first-order valence-corrected chi connectivity index (χ1v) is 8.36. The van der Waals surface area contributed by atoms with Crippen LogP contribution < -0.4 is 15.4 Å². The fourth-order valence-electron chi connectivity index (χ4n) is 3.10. The molecule has 0 aliphatic carbocycles. The molecule has 4 rings (SSSR count). The quantitative estimate of drug-likeness (QED) is 0.710. The molecule has 142 valence electrons. The molecule has 1 aliphatic rings. The summed E-state index contributed by atoms with van der Waals surface area (Å²) in [4.78, 5) is 8.51. The maximum absolute atomic E-state index is 13.9. The number of alkyl halides is 3. The summed E-state index contributed by atoms with van der Waals surface area (Å²) in [6.45, 7) is 0.740. The summed E-state index contributed by atoms with van der Waals surface area (Å²) in [7, 11) is 1.30. The number of ether oxygens (including phenoxy) is 1. The summed E-state index contributed by atoms with van der Waals surface area (Å²) in [6.07, 6.45) is -0.761. The van der Waals surface area contributed by atoms with Crippen molar-refractivity contribution in [1.82, 2.24) is 24.9 Å². The molecule has 1 saturated heterocycles. The van der Waals surface area contributed by atoms with E-state index in [2.05, 4.69) is 25.7 Å². The van der Waals surface area contributed by atoms with Crippen molar-refractivity contribution in [2.45, 2.75) is 18.6 Å². The summed E-state index contributed by atoms with van der Waals surface area (Å²) < 4.78 is 46.9. The molecule has 0 aromatic carbocycles. The largest absolute Gasteiger partial charge is 0.494 e. The van der Waals surface area contributed by atoms with E-state index in [0.717, 1.165) is 0 Å². The molecule has 3 aromatic rings. The molecule has 3 aromatic heterocycles. The standard InChI is InChI=1S/C17H17F3N6O/c1-27-13-5-14-23-8-12(26(14)25-15(13)16(19)20)9-3-2-4-22-17(9)24-11-7-21-6-10(11)18/h2-5,8,10-11,16,21H,6-7H2,1H3,(H,22,24)/t10-,11-/m0/s1. The zero-order valence-electron chi connectivity index (χ0n) is 14.4. The van der Waals surface area contributed by atoms with Gasteiger partial charge in [-0.2, -0.15) is 5.10 Å². The predicted octanol–water partition coefficient (Wildman–Crippen LogP) is 2.46. The van der Waals surface area contributed by atoms with Crippen LogP contribution in [0.3, 0.4) is 0 Å². The Balaban J connectivity index is 1.80. The first kappa shape index (κ1) is 17.5. The van der Waals surface area contributed by atoms with E-state index in [1.165, 1.54) is 23.9 Å². The lowest BCUT2D eigenvalue weighted by Gasteiger charge is -2.17. The highest BCUT2D eigenvalue weighted by Gasteiger charge is 2.28. The van der Waals surface area contributed by atoms with Gasteiger partial charge in [0.05, 0.1) is 25.0 Å². The average molecular weight is 378 g/mol. The smallest absolute Gasteiger partial charge is 0.285 e. The van der Waals surface area contributed by atoms with Crippen LogP contribution in [-0.4, -0.2) is 52.0 Å². The number of nitrogens with zero attached hydrogens (tertiary/aromatic N) is 4. The summed E-state index contributed by atoms with van der Waals surface area (Å²) in [5, 5.41) is 10.1. The number of halogens is 3. The van der Waals surface area contributed by atoms with Crippen molar-refractivity contribution in [1.29, 1.82) is 0 Å². The number of rotatable bonds is 5. The molecule has 10 heteroatoms. The van der Waals surface area contributed by atoms with Crippen LogP contribution in [0.15, 0.2) is 30.6 Å². The van der Waals surface area contributed by atoms with Gasteiger partial charge in [-0.25, -0.2) is 27.7 Å². The van der Waals surface area contributed by atoms with Crippen LogP contribution in [0, 0.1) is 0 Å². The van der Waals surface area contributed by atoms with Gasteiger partial charge in [0.2, 0.25) is 0 Å². The third-order valence-corrected chi connectivity index (χ3v) is 4.46. The minimum Gasteiger partial charge on any atom is -0.494 e. The molecule has 0 radical (unpaired) electrons. The monoisotopic (exact) mass is 378 g/mol. The van der Waals surface area contributed by atoms with Gasteiger partial charge in [-0.05, 0) is 12.1 Å². The number of methoxy groups -OCH3 is 1. The lowest BCUT2D eigenvalue weighted by atomic mass is 10.1. The van der Waals surface area contributed by atoms with Crippen LogP contribution in [0.5, 0.6) is 5.75 Å². The van der Waals surface area contributed by atoms with Gasteiger partial charge in [-0.15, -0.1) is 0 Å². The molecule has 0 saturated carbocycles. The highest BCUT2D eigenvalue weighted by atomic mass is 19.3. The van der Waals surface area contributed by atoms with E-state index in [9.17, 15) is 13.2 Å². The third-order valence-electron chi connectivity index (χ3n) is 4.46. The summed E-state index contributed by atoms with van der Waals surface area (Å²) in [5.41, 5.74) is 0.923. The Labute approximate surface area is 152 Å². The minimum atomic E-state index is -2.80. The lowest BCUT2D eigenvalue weighted by Crippen LogP contribution is -2.30. The fourth-order valence-corrected chi connectivity index (χ4v) is 3.10. The Morgan fingerprint density at radius 2 is 2.19 bits per heavy atom. The first-order chi connectivity index (χ1) is 13.1. The van der Waals surface area contributed by atoms with E-state index >= 15 is 0 Å². The molecule has 27 heavy (non-hydrogen) atoms. The molecule has 2 N–H and O–H groups in total. The normalized spacial score (nSPS) is 19.7. The van der Waals surface area contributed by atoms with Crippen molar-refractivity contribution in [3.63, 3.8) is 0 Å². The summed E-state index contributed by atoms with van der Waals surface area (Å²) >= 11 is 0. The number of imidazole rings is 1. The number of anilines is 1. The second-order valence-electron chi connectivity index (χ2n) is 6.14. The molecule has 0 amide bonds. The van der Waals surface area contributed by atoms with Gasteiger partial charge < -0.3 is 15.4 Å². The van der Waals surface area contributed by atoms with Crippen molar-refractivity contribution < 1.29 is 17.9 Å². The molecular formula is C17H17F3N6O. The van der Waals surface area contributed by atoms with Crippen LogP contribution in [0.2, 0.25) is 0 Å². The van der Waals surface area contributed by atoms with Gasteiger partial charge >= 0.3 is 0 Å². The van der Waals surface area contributed by atoms with Gasteiger partial charge in [0.25, 0.3) is 6.43 Å². The van der Waals surface area contributed by atoms with Crippen molar-refractivity contribution in [2.75, 3.05) is 25.5 Å². The van der Waals surface area contributed by atoms with E-state index in [-0.39, 0.29) is 12.3 Å². The van der Waals surface area contributed by atoms with Crippen molar-refractivity contribution in [3.05, 3.63) is 36.3 Å². The molecular weight excluding hydrogens is 361 g/mol. The number of hydrogen-bond donors (Lipinski definition) is 2. The molecule has 2 atom stereocenters. The van der Waals surface area contributed by atoms with Crippen LogP contribution in [0.4, 0.5) is 19.0 Å². The van der Waals surface area contributed by atoms with Crippen LogP contribution in [-0.2, 0) is 0 Å². The third kappa shape index (κ3) is 3.16. The van der Waals surface area contributed by atoms with Crippen molar-refractivity contribution in [3.8, 4) is 17.0 Å². The SMILES string of the molecule is COc1cc2ncc(-c3cccnc3N[C@H]3CNC[C@@H]3F)n2nc1C(F)F. The number of nitrogens with one attached hydrogen (secondary N) is 2. The predicted molar refractivity (Wildman–Crippen MR) is 92.9 cm³/mol. The van der Waals surface area contributed by atoms with Gasteiger partial charge in [-0.3, -0.25) is 0 Å². The van der Waals surface area contributed by atoms with Gasteiger partial charge in [0.1, 0.15) is 12.0 Å². The molecule has 0 bridgehead atoms. The lowest BCUT2D eigenvalue weighted by molar-refractivity contribution is 0.139. The second-order valence-corrected chi connectivity index (χ2v) is 6.14. The van der Waals surface area contributed by atoms with Crippen LogP contribution in [0.1, 0.15) is 12.1 Å². The second kappa shape index (κ2) is 7.03. The zero-order valence-corrected chi connectivity index (χ0v) is 14.4. The number of aromatic nitrogens is 4. The van der Waals surface area contributed by atoms with E-state index in [1.54, 1.807) is 18.3 Å². The highest BCUT2D eigenvalue weighted by Crippen LogP contribution is 2.32. The summed E-state index contributed by atoms with van der Waals surface area (Å²) in [6, 6.07) is 4.43. The number of pyridine rings is 1. The minimum absolute atomic E-state index is 0.0310. The topological polar surface area (TPSA) is 76.4 Å². The van der Waals surface area contributed by atoms with Crippen LogP contribution in [0.25, 0.3) is 16.9 Å². The molecule has 0 unspecified atom stereocenters. The molecule has 1 fully saturated rings. The zero-order chi connectivity index (χ0) is 19.0. The van der Waals surface area contributed by atoms with Crippen molar-refractivity contribution >= 4 is 11.5 Å². The van der Waals surface area contributed by atoms with Gasteiger partial charge in [0, 0.05) is 30.9 Å². The number of hydrogen-bond acceptors (Lipinski definition) is 6. The summed E-state index contributed by atoms with van der Waals surface area (Å²) in [5.74, 6) is 0.406. The van der Waals surface area contributed by atoms with Crippen molar-refractivity contribution in [2.24, 2.45) is 0 Å². The van der Waals surface area contributed by atoms with E-state index in [4.69, 9.17) is 4.74 Å². The Morgan fingerprint density at radius 3 is 2.89 bits per heavy atom. The van der Waals surface area contributed by atoms with Gasteiger partial charge in [-0.1, -0.05) is 0 Å². The molecule has 1 aliphatic heterocycles. The maximum Gasteiger partial charge on any atom is 0.285 e. The van der Waals surface area contributed by atoms with E-state index < -0.39 is 24.3 Å². The van der Waals surface area contributed by atoms with Crippen LogP contribution >= 0.6 is 0 Å². The fraction of sp³-hybridized carbons (Fsp3) is 0.353. The first-order valence-electron chi connectivity index (χ1n) is 8.36. The Bertz CT molecular complexity index is 963. The highest BCUT2D eigenvalue weighted by molar-refractivity contribution is 5.74. The Hall–Kier alpha value is -2.88. The average Bonchev–Trinajstić information content (AvgIpc) is 3.27. The molecule has 0 spiro atoms.